The Balaban J connectivity index is 1.83. The van der Waals surface area contributed by atoms with E-state index in [-0.39, 0.29) is 5.38 Å². The van der Waals surface area contributed by atoms with E-state index < -0.39 is 0 Å². The molecule has 1 heterocycles. The van der Waals surface area contributed by atoms with Gasteiger partial charge in [-0.05, 0) is 37.3 Å². The predicted molar refractivity (Wildman–Crippen MR) is 75.4 cm³/mol. The summed E-state index contributed by atoms with van der Waals surface area (Å²) < 4.78 is 0. The number of rotatable bonds is 2. The lowest BCUT2D eigenvalue weighted by molar-refractivity contribution is 0.577. The molecule has 94 valence electrons. The fraction of sp³-hybridized carbons (Fsp3) is 0.429. The Hall–Kier alpha value is -0.930. The van der Waals surface area contributed by atoms with Crippen molar-refractivity contribution in [1.82, 2.24) is 10.2 Å². The summed E-state index contributed by atoms with van der Waals surface area (Å²) >= 11 is 7.71. The standard InChI is InChI=1S/C14H15ClN2S/c1-9(15)13-16-17-14(18-13)12-7-6-10-4-2-3-5-11(10)8-12/h2-5,9,12H,6-8H2,1H3. The lowest BCUT2D eigenvalue weighted by Gasteiger charge is -2.22. The molecule has 18 heavy (non-hydrogen) atoms. The molecule has 0 aliphatic heterocycles. The number of aryl methyl sites for hydroxylation is 1. The average molecular weight is 279 g/mol. The molecular formula is C14H15ClN2S. The molecule has 1 aromatic heterocycles. The lowest BCUT2D eigenvalue weighted by Crippen LogP contribution is -2.12. The van der Waals surface area contributed by atoms with Crippen LogP contribution < -0.4 is 0 Å². The first kappa shape index (κ1) is 12.1. The van der Waals surface area contributed by atoms with Gasteiger partial charge < -0.3 is 0 Å². The summed E-state index contributed by atoms with van der Waals surface area (Å²) in [6, 6.07) is 8.70. The van der Waals surface area contributed by atoms with Crippen LogP contribution in [0.4, 0.5) is 0 Å². The zero-order valence-corrected chi connectivity index (χ0v) is 11.8. The molecule has 0 N–H and O–H groups in total. The molecule has 1 aliphatic rings. The van der Waals surface area contributed by atoms with E-state index in [1.54, 1.807) is 11.3 Å². The van der Waals surface area contributed by atoms with Gasteiger partial charge in [-0.2, -0.15) is 0 Å². The van der Waals surface area contributed by atoms with Crippen molar-refractivity contribution in [2.75, 3.05) is 0 Å². The quantitative estimate of drug-likeness (QED) is 0.773. The van der Waals surface area contributed by atoms with Crippen molar-refractivity contribution in [3.05, 3.63) is 45.4 Å². The van der Waals surface area contributed by atoms with E-state index in [1.807, 2.05) is 6.92 Å². The van der Waals surface area contributed by atoms with Crippen molar-refractivity contribution in [3.8, 4) is 0 Å². The summed E-state index contributed by atoms with van der Waals surface area (Å²) in [7, 11) is 0. The maximum absolute atomic E-state index is 6.04. The van der Waals surface area contributed by atoms with E-state index in [2.05, 4.69) is 34.5 Å². The van der Waals surface area contributed by atoms with Crippen LogP contribution in [-0.2, 0) is 12.8 Å². The molecule has 3 rings (SSSR count). The summed E-state index contributed by atoms with van der Waals surface area (Å²) in [5.41, 5.74) is 2.95. The van der Waals surface area contributed by atoms with Crippen molar-refractivity contribution >= 4 is 22.9 Å². The summed E-state index contributed by atoms with van der Waals surface area (Å²) in [5.74, 6) is 0.515. The average Bonchev–Trinajstić information content (AvgIpc) is 2.88. The number of hydrogen-bond donors (Lipinski definition) is 0. The van der Waals surface area contributed by atoms with Crippen LogP contribution >= 0.6 is 22.9 Å². The van der Waals surface area contributed by atoms with Crippen LogP contribution in [-0.4, -0.2) is 10.2 Å². The van der Waals surface area contributed by atoms with Gasteiger partial charge in [0.25, 0.3) is 0 Å². The second kappa shape index (κ2) is 4.98. The van der Waals surface area contributed by atoms with Crippen LogP contribution in [0.1, 0.15) is 45.8 Å². The van der Waals surface area contributed by atoms with Gasteiger partial charge in [0.15, 0.2) is 0 Å². The Kier molecular flexibility index (Phi) is 3.35. The first-order valence-electron chi connectivity index (χ1n) is 6.28. The summed E-state index contributed by atoms with van der Waals surface area (Å²) in [4.78, 5) is 0. The van der Waals surface area contributed by atoms with Gasteiger partial charge in [-0.3, -0.25) is 0 Å². The SMILES string of the molecule is CC(Cl)c1nnc(C2CCc3ccccc3C2)s1. The highest BCUT2D eigenvalue weighted by molar-refractivity contribution is 7.11. The molecule has 2 atom stereocenters. The van der Waals surface area contributed by atoms with Crippen molar-refractivity contribution in [3.63, 3.8) is 0 Å². The molecule has 4 heteroatoms. The third-order valence-electron chi connectivity index (χ3n) is 3.49. The first-order valence-corrected chi connectivity index (χ1v) is 7.53. The van der Waals surface area contributed by atoms with Crippen LogP contribution in [0.3, 0.4) is 0 Å². The monoisotopic (exact) mass is 278 g/mol. The molecule has 0 saturated heterocycles. The second-order valence-corrected chi connectivity index (χ2v) is 6.50. The van der Waals surface area contributed by atoms with Gasteiger partial charge in [0.2, 0.25) is 0 Å². The summed E-state index contributed by atoms with van der Waals surface area (Å²) in [6.45, 7) is 1.95. The Morgan fingerprint density at radius 3 is 2.78 bits per heavy atom. The normalized spacial score (nSPS) is 20.4. The van der Waals surface area contributed by atoms with Gasteiger partial charge in [-0.1, -0.05) is 35.6 Å². The second-order valence-electron chi connectivity index (χ2n) is 4.80. The summed E-state index contributed by atoms with van der Waals surface area (Å²) in [5, 5.41) is 10.5. The topological polar surface area (TPSA) is 25.8 Å². The van der Waals surface area contributed by atoms with E-state index in [4.69, 9.17) is 11.6 Å². The van der Waals surface area contributed by atoms with Crippen molar-refractivity contribution in [1.29, 1.82) is 0 Å². The number of nitrogens with zero attached hydrogens (tertiary/aromatic N) is 2. The highest BCUT2D eigenvalue weighted by atomic mass is 35.5. The minimum atomic E-state index is -0.0351. The minimum Gasteiger partial charge on any atom is -0.143 e. The van der Waals surface area contributed by atoms with Gasteiger partial charge in [0.1, 0.15) is 10.0 Å². The molecule has 0 fully saturated rings. The number of hydrogen-bond acceptors (Lipinski definition) is 3. The fourth-order valence-electron chi connectivity index (χ4n) is 2.48. The van der Waals surface area contributed by atoms with Crippen LogP contribution in [0.15, 0.2) is 24.3 Å². The number of halogens is 1. The zero-order chi connectivity index (χ0) is 12.5. The zero-order valence-electron chi connectivity index (χ0n) is 10.3. The number of fused-ring (bicyclic) bond motifs is 1. The number of benzene rings is 1. The predicted octanol–water partition coefficient (Wildman–Crippen LogP) is 4.11. The van der Waals surface area contributed by atoms with E-state index in [0.717, 1.165) is 22.9 Å². The summed E-state index contributed by atoms with van der Waals surface area (Å²) in [6.07, 6.45) is 3.40. The molecule has 1 aliphatic carbocycles. The molecule has 0 amide bonds. The Bertz CT molecular complexity index is 550. The van der Waals surface area contributed by atoms with E-state index >= 15 is 0 Å². The molecule has 2 unspecified atom stereocenters. The Morgan fingerprint density at radius 2 is 2.06 bits per heavy atom. The van der Waals surface area contributed by atoms with Crippen LogP contribution in [0, 0.1) is 0 Å². The number of aromatic nitrogens is 2. The number of alkyl halides is 1. The van der Waals surface area contributed by atoms with Gasteiger partial charge >= 0.3 is 0 Å². The largest absolute Gasteiger partial charge is 0.143 e. The maximum Gasteiger partial charge on any atom is 0.135 e. The molecule has 1 aromatic carbocycles. The molecule has 2 aromatic rings. The minimum absolute atomic E-state index is 0.0351. The third kappa shape index (κ3) is 2.29. The van der Waals surface area contributed by atoms with Crippen molar-refractivity contribution in [2.45, 2.75) is 37.5 Å². The van der Waals surface area contributed by atoms with Crippen LogP contribution in [0.25, 0.3) is 0 Å². The highest BCUT2D eigenvalue weighted by Gasteiger charge is 2.23. The van der Waals surface area contributed by atoms with Crippen LogP contribution in [0.5, 0.6) is 0 Å². The van der Waals surface area contributed by atoms with Crippen LogP contribution in [0.2, 0.25) is 0 Å². The van der Waals surface area contributed by atoms with Gasteiger partial charge in [-0.25, -0.2) is 0 Å². The maximum atomic E-state index is 6.04. The lowest BCUT2D eigenvalue weighted by atomic mass is 9.84. The molecule has 0 bridgehead atoms. The highest BCUT2D eigenvalue weighted by Crippen LogP contribution is 2.35. The molecule has 0 spiro atoms. The fourth-order valence-corrected chi connectivity index (χ4v) is 3.57. The van der Waals surface area contributed by atoms with Gasteiger partial charge in [0.05, 0.1) is 5.38 Å². The van der Waals surface area contributed by atoms with Crippen molar-refractivity contribution in [2.24, 2.45) is 0 Å². The third-order valence-corrected chi connectivity index (χ3v) is 5.10. The first-order chi connectivity index (χ1) is 8.74. The van der Waals surface area contributed by atoms with Gasteiger partial charge in [-0.15, -0.1) is 21.8 Å². The van der Waals surface area contributed by atoms with E-state index in [9.17, 15) is 0 Å². The van der Waals surface area contributed by atoms with Crippen molar-refractivity contribution < 1.29 is 0 Å². The molecule has 0 saturated carbocycles. The Morgan fingerprint density at radius 1 is 1.28 bits per heavy atom. The smallest absolute Gasteiger partial charge is 0.135 e. The molecule has 0 radical (unpaired) electrons. The molecular weight excluding hydrogens is 264 g/mol. The molecule has 2 nitrogen and oxygen atoms in total. The van der Waals surface area contributed by atoms with E-state index in [1.165, 1.54) is 17.5 Å². The van der Waals surface area contributed by atoms with E-state index in [0.29, 0.717) is 5.92 Å². The Labute approximate surface area is 116 Å². The van der Waals surface area contributed by atoms with Gasteiger partial charge in [0, 0.05) is 5.92 Å².